The summed E-state index contributed by atoms with van der Waals surface area (Å²) in [6.45, 7) is 3.35. The SMILES string of the molecule is CC(O)C(C)C(=O)NC(Cc1ccccc1)c1nccs1. The minimum atomic E-state index is -0.668. The molecule has 112 valence electrons. The molecule has 0 bridgehead atoms. The molecule has 1 aromatic carbocycles. The summed E-state index contributed by atoms with van der Waals surface area (Å²) in [7, 11) is 0. The van der Waals surface area contributed by atoms with Gasteiger partial charge >= 0.3 is 0 Å². The van der Waals surface area contributed by atoms with E-state index >= 15 is 0 Å². The van der Waals surface area contributed by atoms with Gasteiger partial charge < -0.3 is 10.4 Å². The third kappa shape index (κ3) is 4.37. The van der Waals surface area contributed by atoms with E-state index in [9.17, 15) is 9.90 Å². The number of hydrogen-bond acceptors (Lipinski definition) is 4. The Morgan fingerprint density at radius 3 is 2.62 bits per heavy atom. The molecule has 0 spiro atoms. The Bertz CT molecular complexity index is 555. The lowest BCUT2D eigenvalue weighted by molar-refractivity contribution is -0.128. The van der Waals surface area contributed by atoms with E-state index in [0.717, 1.165) is 10.6 Å². The van der Waals surface area contributed by atoms with Crippen molar-refractivity contribution in [1.82, 2.24) is 10.3 Å². The average molecular weight is 304 g/mol. The molecule has 0 aliphatic rings. The van der Waals surface area contributed by atoms with Crippen molar-refractivity contribution in [1.29, 1.82) is 0 Å². The predicted molar refractivity (Wildman–Crippen MR) is 84.0 cm³/mol. The monoisotopic (exact) mass is 304 g/mol. The van der Waals surface area contributed by atoms with Crippen LogP contribution >= 0.6 is 11.3 Å². The first kappa shape index (κ1) is 15.7. The van der Waals surface area contributed by atoms with Crippen LogP contribution in [0.5, 0.6) is 0 Å². The van der Waals surface area contributed by atoms with E-state index in [4.69, 9.17) is 0 Å². The highest BCUT2D eigenvalue weighted by atomic mass is 32.1. The van der Waals surface area contributed by atoms with Crippen LogP contribution in [0.3, 0.4) is 0 Å². The zero-order chi connectivity index (χ0) is 15.2. The van der Waals surface area contributed by atoms with Crippen molar-refractivity contribution in [3.63, 3.8) is 0 Å². The maximum absolute atomic E-state index is 12.2. The van der Waals surface area contributed by atoms with Crippen molar-refractivity contribution in [3.8, 4) is 0 Å². The van der Waals surface area contributed by atoms with Gasteiger partial charge in [-0.25, -0.2) is 4.98 Å². The van der Waals surface area contributed by atoms with Gasteiger partial charge in [0.2, 0.25) is 5.91 Å². The van der Waals surface area contributed by atoms with Crippen molar-refractivity contribution in [2.45, 2.75) is 32.4 Å². The molecule has 5 heteroatoms. The number of hydrogen-bond donors (Lipinski definition) is 2. The van der Waals surface area contributed by atoms with E-state index < -0.39 is 12.0 Å². The maximum Gasteiger partial charge on any atom is 0.226 e. The molecule has 0 saturated carbocycles. The summed E-state index contributed by atoms with van der Waals surface area (Å²) in [6.07, 6.45) is 1.76. The van der Waals surface area contributed by atoms with Crippen LogP contribution in [0.15, 0.2) is 41.9 Å². The summed E-state index contributed by atoms with van der Waals surface area (Å²) in [5.41, 5.74) is 1.14. The van der Waals surface area contributed by atoms with Gasteiger partial charge in [0.25, 0.3) is 0 Å². The second kappa shape index (κ2) is 7.33. The molecular formula is C16H20N2O2S. The molecular weight excluding hydrogens is 284 g/mol. The van der Waals surface area contributed by atoms with E-state index in [2.05, 4.69) is 10.3 Å². The smallest absolute Gasteiger partial charge is 0.226 e. The highest BCUT2D eigenvalue weighted by molar-refractivity contribution is 7.09. The highest BCUT2D eigenvalue weighted by Crippen LogP contribution is 2.21. The summed E-state index contributed by atoms with van der Waals surface area (Å²) in [5.74, 6) is -0.593. The number of aromatic nitrogens is 1. The van der Waals surface area contributed by atoms with Gasteiger partial charge in [0, 0.05) is 11.6 Å². The maximum atomic E-state index is 12.2. The standard InChI is InChI=1S/C16H20N2O2S/c1-11(12(2)19)15(20)18-14(16-17-8-9-21-16)10-13-6-4-3-5-7-13/h3-9,11-12,14,19H,10H2,1-2H3,(H,18,20). The Hall–Kier alpha value is -1.72. The first-order chi connectivity index (χ1) is 10.1. The number of thiazole rings is 1. The lowest BCUT2D eigenvalue weighted by Crippen LogP contribution is -2.37. The molecule has 2 rings (SSSR count). The van der Waals surface area contributed by atoms with Crippen molar-refractivity contribution >= 4 is 17.2 Å². The molecule has 0 saturated heterocycles. The number of benzene rings is 1. The largest absolute Gasteiger partial charge is 0.393 e. The highest BCUT2D eigenvalue weighted by Gasteiger charge is 2.23. The second-order valence-electron chi connectivity index (χ2n) is 5.15. The Kier molecular flexibility index (Phi) is 5.47. The average Bonchev–Trinajstić information content (AvgIpc) is 3.00. The van der Waals surface area contributed by atoms with Crippen LogP contribution in [0, 0.1) is 5.92 Å². The van der Waals surface area contributed by atoms with Gasteiger partial charge in [-0.2, -0.15) is 0 Å². The Balaban J connectivity index is 2.12. The van der Waals surface area contributed by atoms with Crippen molar-refractivity contribution in [3.05, 3.63) is 52.5 Å². The van der Waals surface area contributed by atoms with Crippen LogP contribution in [0.25, 0.3) is 0 Å². The van der Waals surface area contributed by atoms with Crippen LogP contribution in [0.1, 0.15) is 30.5 Å². The number of amides is 1. The van der Waals surface area contributed by atoms with Gasteiger partial charge in [-0.15, -0.1) is 11.3 Å². The summed E-state index contributed by atoms with van der Waals surface area (Å²) >= 11 is 1.52. The van der Waals surface area contributed by atoms with Gasteiger partial charge in [-0.1, -0.05) is 37.3 Å². The second-order valence-corrected chi connectivity index (χ2v) is 6.08. The summed E-state index contributed by atoms with van der Waals surface area (Å²) in [6, 6.07) is 9.83. The van der Waals surface area contributed by atoms with Gasteiger partial charge in [0.05, 0.1) is 18.1 Å². The van der Waals surface area contributed by atoms with E-state index in [1.165, 1.54) is 11.3 Å². The van der Waals surface area contributed by atoms with E-state index in [1.807, 2.05) is 35.7 Å². The lowest BCUT2D eigenvalue weighted by atomic mass is 10.0. The summed E-state index contributed by atoms with van der Waals surface area (Å²) in [5, 5.41) is 15.3. The number of carbonyl (C=O) groups is 1. The molecule has 1 aromatic heterocycles. The zero-order valence-corrected chi connectivity index (χ0v) is 13.0. The molecule has 0 aliphatic heterocycles. The van der Waals surface area contributed by atoms with Crippen LogP contribution in [-0.4, -0.2) is 22.1 Å². The van der Waals surface area contributed by atoms with Crippen molar-refractivity contribution in [2.24, 2.45) is 5.92 Å². The fourth-order valence-electron chi connectivity index (χ4n) is 1.98. The first-order valence-electron chi connectivity index (χ1n) is 6.99. The Morgan fingerprint density at radius 2 is 2.05 bits per heavy atom. The molecule has 1 heterocycles. The zero-order valence-electron chi connectivity index (χ0n) is 12.2. The minimum Gasteiger partial charge on any atom is -0.393 e. The van der Waals surface area contributed by atoms with Gasteiger partial charge in [0.15, 0.2) is 0 Å². The molecule has 4 nitrogen and oxygen atoms in total. The molecule has 2 aromatic rings. The van der Waals surface area contributed by atoms with Crippen LogP contribution in [0.2, 0.25) is 0 Å². The molecule has 0 radical (unpaired) electrons. The normalized spacial score (nSPS) is 15.2. The molecule has 0 fully saturated rings. The lowest BCUT2D eigenvalue weighted by Gasteiger charge is -2.21. The Morgan fingerprint density at radius 1 is 1.33 bits per heavy atom. The number of nitrogens with one attached hydrogen (secondary N) is 1. The first-order valence-corrected chi connectivity index (χ1v) is 7.87. The van der Waals surface area contributed by atoms with Crippen LogP contribution in [0.4, 0.5) is 0 Å². The van der Waals surface area contributed by atoms with Crippen LogP contribution < -0.4 is 5.32 Å². The third-order valence-electron chi connectivity index (χ3n) is 3.49. The van der Waals surface area contributed by atoms with Crippen molar-refractivity contribution < 1.29 is 9.90 Å². The third-order valence-corrected chi connectivity index (χ3v) is 4.38. The molecule has 2 N–H and O–H groups in total. The van der Waals surface area contributed by atoms with Crippen molar-refractivity contribution in [2.75, 3.05) is 0 Å². The van der Waals surface area contributed by atoms with Gasteiger partial charge in [0.1, 0.15) is 5.01 Å². The molecule has 1 amide bonds. The minimum absolute atomic E-state index is 0.152. The Labute approximate surface area is 128 Å². The van der Waals surface area contributed by atoms with Crippen LogP contribution in [-0.2, 0) is 11.2 Å². The van der Waals surface area contributed by atoms with E-state index in [0.29, 0.717) is 6.42 Å². The van der Waals surface area contributed by atoms with E-state index in [1.54, 1.807) is 20.0 Å². The van der Waals surface area contributed by atoms with Gasteiger partial charge in [-0.05, 0) is 18.9 Å². The summed E-state index contributed by atoms with van der Waals surface area (Å²) < 4.78 is 0. The molecule has 21 heavy (non-hydrogen) atoms. The summed E-state index contributed by atoms with van der Waals surface area (Å²) in [4.78, 5) is 16.5. The fraction of sp³-hybridized carbons (Fsp3) is 0.375. The molecule has 0 aliphatic carbocycles. The molecule has 3 unspecified atom stereocenters. The number of rotatable bonds is 6. The predicted octanol–water partition coefficient (Wildman–Crippen LogP) is 2.56. The number of carbonyl (C=O) groups excluding carboxylic acids is 1. The quantitative estimate of drug-likeness (QED) is 0.862. The van der Waals surface area contributed by atoms with Gasteiger partial charge in [-0.3, -0.25) is 4.79 Å². The topological polar surface area (TPSA) is 62.2 Å². The number of aliphatic hydroxyl groups excluding tert-OH is 1. The molecule has 3 atom stereocenters. The fourth-order valence-corrected chi connectivity index (χ4v) is 2.67. The van der Waals surface area contributed by atoms with E-state index in [-0.39, 0.29) is 11.9 Å². The number of aliphatic hydroxyl groups is 1. The number of nitrogens with zero attached hydrogens (tertiary/aromatic N) is 1.